The van der Waals surface area contributed by atoms with Crippen LogP contribution in [-0.2, 0) is 9.53 Å². The Kier molecular flexibility index (Phi) is 1.43. The van der Waals surface area contributed by atoms with Gasteiger partial charge >= 0.3 is 5.97 Å². The van der Waals surface area contributed by atoms with Crippen molar-refractivity contribution in [1.29, 1.82) is 0 Å². The predicted octanol–water partition coefficient (Wildman–Crippen LogP) is 0.909. The van der Waals surface area contributed by atoms with E-state index in [1.165, 1.54) is 7.11 Å². The first-order chi connectivity index (χ1) is 4.25. The van der Waals surface area contributed by atoms with E-state index in [9.17, 15) is 9.18 Å². The van der Waals surface area contributed by atoms with Crippen molar-refractivity contribution in [2.45, 2.75) is 12.8 Å². The average Bonchev–Trinajstić information content (AvgIpc) is 2.66. The van der Waals surface area contributed by atoms with E-state index in [1.807, 2.05) is 0 Å². The topological polar surface area (TPSA) is 26.3 Å². The Bertz CT molecular complexity index is 129. The molecular weight excluding hydrogens is 123 g/mol. The molecule has 0 N–H and O–H groups in total. The van der Waals surface area contributed by atoms with Crippen LogP contribution in [0.5, 0.6) is 0 Å². The van der Waals surface area contributed by atoms with E-state index in [2.05, 4.69) is 4.74 Å². The SMILES string of the molecule is COC(=O)C1(CF)CC1. The van der Waals surface area contributed by atoms with Crippen molar-refractivity contribution < 1.29 is 13.9 Å². The molecule has 0 saturated heterocycles. The number of alkyl halides is 1. The Labute approximate surface area is 53.0 Å². The van der Waals surface area contributed by atoms with Crippen LogP contribution in [0.25, 0.3) is 0 Å². The van der Waals surface area contributed by atoms with E-state index in [0.717, 1.165) is 0 Å². The number of hydrogen-bond donors (Lipinski definition) is 0. The second kappa shape index (κ2) is 1.97. The number of esters is 1. The highest BCUT2D eigenvalue weighted by molar-refractivity contribution is 5.79. The molecule has 0 aromatic rings. The molecular formula is C6H9FO2. The molecule has 0 spiro atoms. The second-order valence-electron chi connectivity index (χ2n) is 2.41. The van der Waals surface area contributed by atoms with Crippen molar-refractivity contribution in [2.75, 3.05) is 13.8 Å². The highest BCUT2D eigenvalue weighted by Gasteiger charge is 2.51. The fourth-order valence-corrected chi connectivity index (χ4v) is 0.760. The normalized spacial score (nSPS) is 21.1. The van der Waals surface area contributed by atoms with Crippen molar-refractivity contribution in [1.82, 2.24) is 0 Å². The number of hydrogen-bond acceptors (Lipinski definition) is 2. The van der Waals surface area contributed by atoms with Gasteiger partial charge in [-0.2, -0.15) is 0 Å². The predicted molar refractivity (Wildman–Crippen MR) is 29.7 cm³/mol. The van der Waals surface area contributed by atoms with Crippen molar-refractivity contribution in [3.63, 3.8) is 0 Å². The molecule has 9 heavy (non-hydrogen) atoms. The molecule has 0 unspecified atom stereocenters. The molecule has 1 aliphatic carbocycles. The molecule has 0 amide bonds. The number of rotatable bonds is 2. The fraction of sp³-hybridized carbons (Fsp3) is 0.833. The minimum absolute atomic E-state index is 0.398. The highest BCUT2D eigenvalue weighted by atomic mass is 19.1. The molecule has 1 saturated carbocycles. The Morgan fingerprint density at radius 2 is 2.33 bits per heavy atom. The summed E-state index contributed by atoms with van der Waals surface area (Å²) in [5.74, 6) is -0.398. The molecule has 1 fully saturated rings. The summed E-state index contributed by atoms with van der Waals surface area (Å²) < 4.78 is 16.4. The zero-order valence-electron chi connectivity index (χ0n) is 5.32. The van der Waals surface area contributed by atoms with E-state index in [0.29, 0.717) is 12.8 Å². The average molecular weight is 132 g/mol. The minimum atomic E-state index is -0.727. The van der Waals surface area contributed by atoms with Crippen molar-refractivity contribution in [3.8, 4) is 0 Å². The zero-order valence-corrected chi connectivity index (χ0v) is 5.32. The summed E-state index contributed by atoms with van der Waals surface area (Å²) >= 11 is 0. The Morgan fingerprint density at radius 1 is 1.78 bits per heavy atom. The molecule has 0 bridgehead atoms. The molecule has 52 valence electrons. The van der Waals surface area contributed by atoms with Gasteiger partial charge in [-0.1, -0.05) is 0 Å². The van der Waals surface area contributed by atoms with Gasteiger partial charge in [-0.25, -0.2) is 4.39 Å². The lowest BCUT2D eigenvalue weighted by Crippen LogP contribution is -2.18. The van der Waals surface area contributed by atoms with Gasteiger partial charge in [0, 0.05) is 0 Å². The third kappa shape index (κ3) is 0.910. The Hall–Kier alpha value is -0.600. The van der Waals surface area contributed by atoms with Gasteiger partial charge < -0.3 is 4.74 Å². The largest absolute Gasteiger partial charge is 0.469 e. The van der Waals surface area contributed by atoms with Crippen LogP contribution in [0.15, 0.2) is 0 Å². The fourth-order valence-electron chi connectivity index (χ4n) is 0.760. The number of carbonyl (C=O) groups excluding carboxylic acids is 1. The van der Waals surface area contributed by atoms with Crippen molar-refractivity contribution >= 4 is 5.97 Å². The number of ether oxygens (including phenoxy) is 1. The lowest BCUT2D eigenvalue weighted by Gasteiger charge is -2.04. The molecule has 0 atom stereocenters. The van der Waals surface area contributed by atoms with Gasteiger partial charge in [0.15, 0.2) is 0 Å². The number of halogens is 1. The molecule has 0 heterocycles. The minimum Gasteiger partial charge on any atom is -0.469 e. The smallest absolute Gasteiger partial charge is 0.314 e. The monoisotopic (exact) mass is 132 g/mol. The summed E-state index contributed by atoms with van der Waals surface area (Å²) in [5.41, 5.74) is -0.727. The molecule has 0 aromatic heterocycles. The maximum atomic E-state index is 12.0. The third-order valence-corrected chi connectivity index (χ3v) is 1.73. The van der Waals surface area contributed by atoms with E-state index >= 15 is 0 Å². The quantitative estimate of drug-likeness (QED) is 0.522. The van der Waals surface area contributed by atoms with Gasteiger partial charge in [0.1, 0.15) is 6.67 Å². The second-order valence-corrected chi connectivity index (χ2v) is 2.41. The Balaban J connectivity index is 2.49. The van der Waals surface area contributed by atoms with Crippen LogP contribution < -0.4 is 0 Å². The van der Waals surface area contributed by atoms with Gasteiger partial charge in [0.25, 0.3) is 0 Å². The van der Waals surface area contributed by atoms with E-state index in [1.54, 1.807) is 0 Å². The molecule has 0 aromatic carbocycles. The van der Waals surface area contributed by atoms with Crippen molar-refractivity contribution in [2.24, 2.45) is 5.41 Å². The van der Waals surface area contributed by atoms with Crippen LogP contribution in [0.2, 0.25) is 0 Å². The van der Waals surface area contributed by atoms with E-state index < -0.39 is 18.1 Å². The summed E-state index contributed by atoms with van der Waals surface area (Å²) in [6.45, 7) is -0.570. The number of carbonyl (C=O) groups is 1. The first-order valence-corrected chi connectivity index (χ1v) is 2.89. The highest BCUT2D eigenvalue weighted by Crippen LogP contribution is 2.46. The lowest BCUT2D eigenvalue weighted by molar-refractivity contribution is -0.147. The van der Waals surface area contributed by atoms with E-state index in [4.69, 9.17) is 0 Å². The first kappa shape index (κ1) is 6.52. The van der Waals surface area contributed by atoms with Gasteiger partial charge in [-0.3, -0.25) is 4.79 Å². The van der Waals surface area contributed by atoms with Crippen molar-refractivity contribution in [3.05, 3.63) is 0 Å². The standard InChI is InChI=1S/C6H9FO2/c1-9-5(8)6(4-7)2-3-6/h2-4H2,1H3. The van der Waals surface area contributed by atoms with Crippen LogP contribution in [0.4, 0.5) is 4.39 Å². The Morgan fingerprint density at radius 3 is 2.44 bits per heavy atom. The molecule has 2 nitrogen and oxygen atoms in total. The lowest BCUT2D eigenvalue weighted by atomic mass is 10.1. The van der Waals surface area contributed by atoms with Gasteiger partial charge in [-0.05, 0) is 12.8 Å². The molecule has 1 rings (SSSR count). The van der Waals surface area contributed by atoms with Crippen LogP contribution in [0.3, 0.4) is 0 Å². The summed E-state index contributed by atoms with van der Waals surface area (Å²) in [7, 11) is 1.29. The summed E-state index contributed by atoms with van der Waals surface area (Å²) in [4.78, 5) is 10.7. The maximum Gasteiger partial charge on any atom is 0.314 e. The van der Waals surface area contributed by atoms with Crippen LogP contribution >= 0.6 is 0 Å². The van der Waals surface area contributed by atoms with Gasteiger partial charge in [0.05, 0.1) is 12.5 Å². The van der Waals surface area contributed by atoms with Crippen LogP contribution in [0, 0.1) is 5.41 Å². The third-order valence-electron chi connectivity index (χ3n) is 1.73. The zero-order chi connectivity index (χ0) is 6.91. The molecule has 3 heteroatoms. The maximum absolute atomic E-state index is 12.0. The summed E-state index contributed by atoms with van der Waals surface area (Å²) in [5, 5.41) is 0. The number of methoxy groups -OCH3 is 1. The van der Waals surface area contributed by atoms with Gasteiger partial charge in [0.2, 0.25) is 0 Å². The molecule has 1 aliphatic rings. The molecule has 0 radical (unpaired) electrons. The van der Waals surface area contributed by atoms with Crippen LogP contribution in [-0.4, -0.2) is 19.8 Å². The van der Waals surface area contributed by atoms with Crippen LogP contribution in [0.1, 0.15) is 12.8 Å². The van der Waals surface area contributed by atoms with E-state index in [-0.39, 0.29) is 0 Å². The van der Waals surface area contributed by atoms with Gasteiger partial charge in [-0.15, -0.1) is 0 Å². The molecule has 0 aliphatic heterocycles. The summed E-state index contributed by atoms with van der Waals surface area (Å²) in [6, 6.07) is 0. The summed E-state index contributed by atoms with van der Waals surface area (Å²) in [6.07, 6.45) is 1.30. The first-order valence-electron chi connectivity index (χ1n) is 2.89.